The molecule has 1 aromatic heterocycles. The lowest BCUT2D eigenvalue weighted by Crippen LogP contribution is -2.19. The third kappa shape index (κ3) is 2.43. The molecule has 2 heterocycles. The van der Waals surface area contributed by atoms with Gasteiger partial charge >= 0.3 is 0 Å². The summed E-state index contributed by atoms with van der Waals surface area (Å²) in [7, 11) is 0. The van der Waals surface area contributed by atoms with Gasteiger partial charge in [0.2, 0.25) is 0 Å². The molecule has 3 rings (SSSR count). The summed E-state index contributed by atoms with van der Waals surface area (Å²) in [6.45, 7) is 3.38. The number of aliphatic hydroxyl groups excluding tert-OH is 1. The Morgan fingerprint density at radius 1 is 1.42 bits per heavy atom. The molecule has 1 N–H and O–H groups in total. The van der Waals surface area contributed by atoms with E-state index in [4.69, 9.17) is 0 Å². The molecule has 1 aliphatic rings. The average molecular weight is 256 g/mol. The number of aliphatic hydroxyl groups is 1. The summed E-state index contributed by atoms with van der Waals surface area (Å²) in [6.07, 6.45) is 5.03. The molecule has 100 valence electrons. The van der Waals surface area contributed by atoms with Crippen molar-refractivity contribution in [2.24, 2.45) is 0 Å². The van der Waals surface area contributed by atoms with E-state index in [-0.39, 0.29) is 12.5 Å². The molecule has 0 fully saturated rings. The molecule has 1 unspecified atom stereocenters. The minimum Gasteiger partial charge on any atom is -0.396 e. The predicted molar refractivity (Wildman–Crippen MR) is 75.3 cm³/mol. The fourth-order valence-corrected chi connectivity index (χ4v) is 2.99. The van der Waals surface area contributed by atoms with Crippen LogP contribution in [0.4, 0.5) is 0 Å². The van der Waals surface area contributed by atoms with Crippen molar-refractivity contribution in [3.8, 4) is 0 Å². The standard InChI is InChI=1S/C16H20N2O/c1-12-4-2-5-13(8-12)9-16-17-10-15-14(11-19)6-3-7-18(15)16/h2,4-5,8,10,14,19H,3,6-7,9,11H2,1H3. The van der Waals surface area contributed by atoms with Crippen molar-refractivity contribution in [2.45, 2.75) is 38.6 Å². The largest absolute Gasteiger partial charge is 0.396 e. The van der Waals surface area contributed by atoms with Crippen molar-refractivity contribution < 1.29 is 5.11 Å². The lowest BCUT2D eigenvalue weighted by Gasteiger charge is -2.23. The summed E-state index contributed by atoms with van der Waals surface area (Å²) in [5.74, 6) is 1.39. The summed E-state index contributed by atoms with van der Waals surface area (Å²) < 4.78 is 2.30. The van der Waals surface area contributed by atoms with Crippen LogP contribution in [-0.2, 0) is 13.0 Å². The predicted octanol–water partition coefficient (Wildman–Crippen LogP) is 2.65. The van der Waals surface area contributed by atoms with Crippen LogP contribution in [-0.4, -0.2) is 21.3 Å². The van der Waals surface area contributed by atoms with Gasteiger partial charge in [-0.3, -0.25) is 0 Å². The summed E-state index contributed by atoms with van der Waals surface area (Å²) in [5.41, 5.74) is 3.80. The van der Waals surface area contributed by atoms with Crippen molar-refractivity contribution in [2.75, 3.05) is 6.61 Å². The monoisotopic (exact) mass is 256 g/mol. The van der Waals surface area contributed by atoms with E-state index in [0.29, 0.717) is 0 Å². The van der Waals surface area contributed by atoms with E-state index in [0.717, 1.165) is 31.6 Å². The third-order valence-electron chi connectivity index (χ3n) is 3.99. The Bertz CT molecular complexity index is 574. The molecule has 19 heavy (non-hydrogen) atoms. The topological polar surface area (TPSA) is 38.0 Å². The lowest BCUT2D eigenvalue weighted by atomic mass is 9.97. The van der Waals surface area contributed by atoms with Crippen LogP contribution in [0.5, 0.6) is 0 Å². The molecule has 2 aromatic rings. The molecule has 0 bridgehead atoms. The van der Waals surface area contributed by atoms with Gasteiger partial charge in [0, 0.05) is 30.8 Å². The first-order valence-electron chi connectivity index (χ1n) is 6.98. The van der Waals surface area contributed by atoms with E-state index in [2.05, 4.69) is 40.7 Å². The Morgan fingerprint density at radius 3 is 3.11 bits per heavy atom. The molecular weight excluding hydrogens is 236 g/mol. The Balaban J connectivity index is 1.88. The van der Waals surface area contributed by atoms with E-state index in [1.165, 1.54) is 16.8 Å². The number of fused-ring (bicyclic) bond motifs is 1. The molecule has 1 atom stereocenters. The van der Waals surface area contributed by atoms with Crippen LogP contribution in [0.3, 0.4) is 0 Å². The van der Waals surface area contributed by atoms with Crippen molar-refractivity contribution >= 4 is 0 Å². The van der Waals surface area contributed by atoms with Gasteiger partial charge in [0.05, 0.1) is 6.61 Å². The lowest BCUT2D eigenvalue weighted by molar-refractivity contribution is 0.240. The molecule has 0 spiro atoms. The highest BCUT2D eigenvalue weighted by atomic mass is 16.3. The second-order valence-corrected chi connectivity index (χ2v) is 5.44. The number of benzene rings is 1. The van der Waals surface area contributed by atoms with E-state index in [1.54, 1.807) is 0 Å². The van der Waals surface area contributed by atoms with Gasteiger partial charge in [-0.2, -0.15) is 0 Å². The fourth-order valence-electron chi connectivity index (χ4n) is 2.99. The zero-order valence-corrected chi connectivity index (χ0v) is 11.3. The average Bonchev–Trinajstić information content (AvgIpc) is 2.82. The van der Waals surface area contributed by atoms with Crippen molar-refractivity contribution in [1.82, 2.24) is 9.55 Å². The molecule has 3 heteroatoms. The van der Waals surface area contributed by atoms with Crippen LogP contribution in [0.25, 0.3) is 0 Å². The second-order valence-electron chi connectivity index (χ2n) is 5.44. The molecule has 3 nitrogen and oxygen atoms in total. The molecule has 0 saturated heterocycles. The van der Waals surface area contributed by atoms with Gasteiger partial charge in [0.1, 0.15) is 5.82 Å². The molecule has 1 aliphatic heterocycles. The van der Waals surface area contributed by atoms with Gasteiger partial charge in [0.25, 0.3) is 0 Å². The zero-order chi connectivity index (χ0) is 13.2. The third-order valence-corrected chi connectivity index (χ3v) is 3.99. The first-order valence-corrected chi connectivity index (χ1v) is 6.98. The minimum atomic E-state index is 0.232. The fraction of sp³-hybridized carbons (Fsp3) is 0.438. The van der Waals surface area contributed by atoms with Gasteiger partial charge in [0.15, 0.2) is 0 Å². The zero-order valence-electron chi connectivity index (χ0n) is 11.3. The summed E-state index contributed by atoms with van der Waals surface area (Å²) in [4.78, 5) is 4.57. The second kappa shape index (κ2) is 5.17. The van der Waals surface area contributed by atoms with E-state index in [1.807, 2.05) is 6.20 Å². The van der Waals surface area contributed by atoms with Crippen molar-refractivity contribution in [1.29, 1.82) is 0 Å². The van der Waals surface area contributed by atoms with Gasteiger partial charge in [-0.05, 0) is 25.3 Å². The molecule has 0 saturated carbocycles. The molecule has 1 aromatic carbocycles. The number of imidazole rings is 1. The Hall–Kier alpha value is -1.61. The van der Waals surface area contributed by atoms with Crippen LogP contribution >= 0.6 is 0 Å². The first kappa shape index (κ1) is 12.4. The molecular formula is C16H20N2O. The SMILES string of the molecule is Cc1cccc(Cc2ncc3n2CCCC3CO)c1. The number of hydrogen-bond acceptors (Lipinski definition) is 2. The number of aromatic nitrogens is 2. The molecule has 0 aliphatic carbocycles. The Labute approximate surface area is 113 Å². The van der Waals surface area contributed by atoms with Crippen LogP contribution in [0, 0.1) is 6.92 Å². The quantitative estimate of drug-likeness (QED) is 0.916. The summed E-state index contributed by atoms with van der Waals surface area (Å²) in [6, 6.07) is 8.59. The van der Waals surface area contributed by atoms with Crippen molar-refractivity contribution in [3.63, 3.8) is 0 Å². The van der Waals surface area contributed by atoms with Crippen LogP contribution in [0.1, 0.15) is 41.4 Å². The van der Waals surface area contributed by atoms with E-state index >= 15 is 0 Å². The Kier molecular flexibility index (Phi) is 3.38. The highest BCUT2D eigenvalue weighted by Crippen LogP contribution is 2.28. The summed E-state index contributed by atoms with van der Waals surface area (Å²) >= 11 is 0. The Morgan fingerprint density at radius 2 is 2.32 bits per heavy atom. The van der Waals surface area contributed by atoms with Gasteiger partial charge in [-0.25, -0.2) is 4.98 Å². The highest BCUT2D eigenvalue weighted by Gasteiger charge is 2.22. The number of rotatable bonds is 3. The normalized spacial score (nSPS) is 18.3. The minimum absolute atomic E-state index is 0.232. The number of nitrogens with zero attached hydrogens (tertiary/aromatic N) is 2. The van der Waals surface area contributed by atoms with Crippen LogP contribution < -0.4 is 0 Å². The summed E-state index contributed by atoms with van der Waals surface area (Å²) in [5, 5.41) is 9.43. The maximum atomic E-state index is 9.43. The van der Waals surface area contributed by atoms with Gasteiger partial charge in [-0.15, -0.1) is 0 Å². The van der Waals surface area contributed by atoms with Crippen molar-refractivity contribution in [3.05, 3.63) is 53.1 Å². The number of hydrogen-bond donors (Lipinski definition) is 1. The maximum absolute atomic E-state index is 9.43. The smallest absolute Gasteiger partial charge is 0.113 e. The van der Waals surface area contributed by atoms with E-state index < -0.39 is 0 Å². The first-order chi connectivity index (χ1) is 9.28. The van der Waals surface area contributed by atoms with Crippen LogP contribution in [0.2, 0.25) is 0 Å². The number of aryl methyl sites for hydroxylation is 1. The molecule has 0 radical (unpaired) electrons. The highest BCUT2D eigenvalue weighted by molar-refractivity contribution is 5.26. The van der Waals surface area contributed by atoms with Crippen LogP contribution in [0.15, 0.2) is 30.5 Å². The maximum Gasteiger partial charge on any atom is 0.113 e. The van der Waals surface area contributed by atoms with Gasteiger partial charge in [-0.1, -0.05) is 29.8 Å². The van der Waals surface area contributed by atoms with E-state index in [9.17, 15) is 5.11 Å². The van der Waals surface area contributed by atoms with Gasteiger partial charge < -0.3 is 9.67 Å². The molecule has 0 amide bonds.